The number of Topliss-reactive ketones (excluding diaryl/α,β-unsaturated/α-hetero) is 1. The van der Waals surface area contributed by atoms with Crippen LogP contribution in [-0.2, 0) is 4.79 Å². The van der Waals surface area contributed by atoms with Gasteiger partial charge in [-0.25, -0.2) is 0 Å². The van der Waals surface area contributed by atoms with Crippen LogP contribution in [0.4, 0.5) is 0 Å². The molecule has 0 N–H and O–H groups in total. The Morgan fingerprint density at radius 1 is 1.00 bits per heavy atom. The normalized spacial score (nSPS) is 42.4. The molecule has 0 amide bonds. The molecule has 5 fully saturated rings. The first-order valence-electron chi connectivity index (χ1n) is 9.38. The fourth-order valence-corrected chi connectivity index (χ4v) is 6.82. The number of aromatic nitrogens is 1. The molecule has 1 aromatic rings. The second-order valence-corrected chi connectivity index (χ2v) is 8.89. The van der Waals surface area contributed by atoms with Crippen molar-refractivity contribution in [2.45, 2.75) is 44.4 Å². The van der Waals surface area contributed by atoms with Crippen molar-refractivity contribution in [2.75, 3.05) is 0 Å². The first kappa shape index (κ1) is 15.1. The molecule has 2 atom stereocenters. The molecule has 5 saturated carbocycles. The topological polar surface area (TPSA) is 77.5 Å². The summed E-state index contributed by atoms with van der Waals surface area (Å²) in [6, 6.07) is 8.12. The summed E-state index contributed by atoms with van der Waals surface area (Å²) in [6.45, 7) is 0. The maximum absolute atomic E-state index is 13.7. The second-order valence-electron chi connectivity index (χ2n) is 8.89. The number of nitriles is 2. The fraction of sp³-hybridized carbons (Fsp3) is 0.619. The summed E-state index contributed by atoms with van der Waals surface area (Å²) >= 11 is 0. The zero-order valence-electron chi connectivity index (χ0n) is 14.2. The van der Waals surface area contributed by atoms with Crippen LogP contribution in [0, 0.1) is 57.2 Å². The number of hydrogen-bond acceptors (Lipinski definition) is 4. The average Bonchev–Trinajstić information content (AvgIpc) is 3.30. The Kier molecular flexibility index (Phi) is 2.97. The van der Waals surface area contributed by atoms with Gasteiger partial charge in [-0.05, 0) is 74.0 Å². The van der Waals surface area contributed by atoms with E-state index < -0.39 is 11.3 Å². The first-order chi connectivity index (χ1) is 12.1. The number of rotatable bonds is 3. The number of pyridine rings is 1. The minimum absolute atomic E-state index is 0.219. The molecule has 0 aromatic carbocycles. The maximum Gasteiger partial charge on any atom is 0.161 e. The van der Waals surface area contributed by atoms with Gasteiger partial charge in [0.2, 0.25) is 0 Å². The van der Waals surface area contributed by atoms with Gasteiger partial charge in [0.05, 0.1) is 18.1 Å². The van der Waals surface area contributed by atoms with E-state index in [-0.39, 0.29) is 17.1 Å². The van der Waals surface area contributed by atoms with E-state index in [4.69, 9.17) is 0 Å². The van der Waals surface area contributed by atoms with Crippen LogP contribution in [0.5, 0.6) is 0 Å². The fourth-order valence-electron chi connectivity index (χ4n) is 6.82. The molecule has 4 heteroatoms. The molecule has 4 bridgehead atoms. The van der Waals surface area contributed by atoms with E-state index in [9.17, 15) is 15.3 Å². The largest absolute Gasteiger partial charge is 0.299 e. The molecule has 0 spiro atoms. The van der Waals surface area contributed by atoms with Crippen LogP contribution in [0.25, 0.3) is 0 Å². The van der Waals surface area contributed by atoms with Gasteiger partial charge in [-0.2, -0.15) is 10.5 Å². The van der Waals surface area contributed by atoms with Crippen molar-refractivity contribution in [3.8, 4) is 12.1 Å². The summed E-state index contributed by atoms with van der Waals surface area (Å²) < 4.78 is 0. The molecule has 5 aliphatic carbocycles. The van der Waals surface area contributed by atoms with Crippen LogP contribution < -0.4 is 0 Å². The van der Waals surface area contributed by atoms with Crippen molar-refractivity contribution in [2.24, 2.45) is 34.5 Å². The van der Waals surface area contributed by atoms with Crippen LogP contribution in [0.1, 0.15) is 50.0 Å². The molecule has 5 aliphatic rings. The zero-order valence-corrected chi connectivity index (χ0v) is 14.2. The molecule has 1 heterocycles. The molecule has 0 aliphatic heterocycles. The Morgan fingerprint density at radius 3 is 2.00 bits per heavy atom. The third kappa shape index (κ3) is 1.92. The van der Waals surface area contributed by atoms with Gasteiger partial charge in [-0.1, -0.05) is 0 Å². The van der Waals surface area contributed by atoms with E-state index in [1.54, 1.807) is 12.4 Å². The van der Waals surface area contributed by atoms with Crippen molar-refractivity contribution < 1.29 is 4.79 Å². The average molecular weight is 331 g/mol. The quantitative estimate of drug-likeness (QED) is 0.847. The van der Waals surface area contributed by atoms with E-state index in [0.717, 1.165) is 24.8 Å². The Labute approximate surface area is 147 Å². The van der Waals surface area contributed by atoms with Crippen molar-refractivity contribution in [3.63, 3.8) is 0 Å². The van der Waals surface area contributed by atoms with E-state index in [0.29, 0.717) is 17.8 Å². The number of carbonyl (C=O) groups is 1. The van der Waals surface area contributed by atoms with Crippen LogP contribution >= 0.6 is 0 Å². The van der Waals surface area contributed by atoms with E-state index in [1.165, 1.54) is 19.3 Å². The lowest BCUT2D eigenvalue weighted by Gasteiger charge is -2.56. The van der Waals surface area contributed by atoms with Crippen molar-refractivity contribution in [1.82, 2.24) is 4.98 Å². The van der Waals surface area contributed by atoms with E-state index in [1.807, 2.05) is 12.1 Å². The highest BCUT2D eigenvalue weighted by molar-refractivity contribution is 5.94. The van der Waals surface area contributed by atoms with Gasteiger partial charge < -0.3 is 0 Å². The Bertz CT molecular complexity index is 766. The highest BCUT2D eigenvalue weighted by Crippen LogP contribution is 2.70. The van der Waals surface area contributed by atoms with Gasteiger partial charge in [0.15, 0.2) is 5.41 Å². The third-order valence-electron chi connectivity index (χ3n) is 7.48. The predicted octanol–water partition coefficient (Wildman–Crippen LogP) is 3.61. The van der Waals surface area contributed by atoms with Gasteiger partial charge in [0.1, 0.15) is 5.78 Å². The highest BCUT2D eigenvalue weighted by Gasteiger charge is 2.73. The molecular weight excluding hydrogens is 310 g/mol. The second kappa shape index (κ2) is 4.92. The summed E-state index contributed by atoms with van der Waals surface area (Å²) in [7, 11) is 0. The SMILES string of the molecule is N#CC1(C#N)[C@H](C(=O)C23CC4CC(CC(C4)C2)C3)[C@H]1c1ccncc1. The number of carbonyl (C=O) groups excluding carboxylic acids is 1. The highest BCUT2D eigenvalue weighted by atomic mass is 16.1. The van der Waals surface area contributed by atoms with Gasteiger partial charge >= 0.3 is 0 Å². The Balaban J connectivity index is 1.51. The van der Waals surface area contributed by atoms with Crippen molar-refractivity contribution in [1.29, 1.82) is 10.5 Å². The number of hydrogen-bond donors (Lipinski definition) is 0. The lowest BCUT2D eigenvalue weighted by molar-refractivity contribution is -0.145. The molecule has 0 saturated heterocycles. The van der Waals surface area contributed by atoms with Gasteiger partial charge in [0.25, 0.3) is 0 Å². The maximum atomic E-state index is 13.7. The zero-order chi connectivity index (χ0) is 17.2. The standard InChI is InChI=1S/C21H21N3O/c22-11-21(12-23)17(16-1-3-24-4-2-16)18(21)19(25)20-8-13-5-14(9-20)7-15(6-13)10-20/h1-4,13-15,17-18H,5-10H2/t13?,14?,15?,17-,18+,20?/m1/s1. The van der Waals surface area contributed by atoms with Gasteiger partial charge in [-0.15, -0.1) is 0 Å². The molecule has 25 heavy (non-hydrogen) atoms. The Morgan fingerprint density at radius 2 is 1.52 bits per heavy atom. The molecule has 0 radical (unpaired) electrons. The summed E-state index contributed by atoms with van der Waals surface area (Å²) in [5.74, 6) is 1.54. The van der Waals surface area contributed by atoms with Gasteiger partial charge in [-0.3, -0.25) is 9.78 Å². The van der Waals surface area contributed by atoms with E-state index in [2.05, 4.69) is 17.1 Å². The summed E-state index contributed by atoms with van der Waals surface area (Å²) in [6.07, 6.45) is 10.2. The Hall–Kier alpha value is -2.20. The van der Waals surface area contributed by atoms with E-state index >= 15 is 0 Å². The smallest absolute Gasteiger partial charge is 0.161 e. The lowest BCUT2D eigenvalue weighted by Crippen LogP contribution is -2.50. The first-order valence-corrected chi connectivity index (χ1v) is 9.38. The minimum atomic E-state index is -1.18. The minimum Gasteiger partial charge on any atom is -0.299 e. The number of ketones is 1. The van der Waals surface area contributed by atoms with Crippen LogP contribution in [0.3, 0.4) is 0 Å². The van der Waals surface area contributed by atoms with Crippen LogP contribution in [-0.4, -0.2) is 10.8 Å². The van der Waals surface area contributed by atoms with Crippen molar-refractivity contribution >= 4 is 5.78 Å². The molecular formula is C21H21N3O. The molecule has 0 unspecified atom stereocenters. The molecule has 4 nitrogen and oxygen atoms in total. The number of nitrogens with zero attached hydrogens (tertiary/aromatic N) is 3. The van der Waals surface area contributed by atoms with Crippen molar-refractivity contribution in [3.05, 3.63) is 30.1 Å². The molecule has 126 valence electrons. The molecule has 6 rings (SSSR count). The summed E-state index contributed by atoms with van der Waals surface area (Å²) in [4.78, 5) is 17.7. The summed E-state index contributed by atoms with van der Waals surface area (Å²) in [5.41, 5.74) is -0.525. The monoisotopic (exact) mass is 331 g/mol. The molecule has 1 aromatic heterocycles. The summed E-state index contributed by atoms with van der Waals surface area (Å²) in [5, 5.41) is 19.5. The van der Waals surface area contributed by atoms with Crippen LogP contribution in [0.15, 0.2) is 24.5 Å². The predicted molar refractivity (Wildman–Crippen MR) is 89.7 cm³/mol. The lowest BCUT2D eigenvalue weighted by atomic mass is 9.48. The van der Waals surface area contributed by atoms with Gasteiger partial charge in [0, 0.05) is 23.7 Å². The third-order valence-corrected chi connectivity index (χ3v) is 7.48. The van der Waals surface area contributed by atoms with Crippen LogP contribution in [0.2, 0.25) is 0 Å².